The Bertz CT molecular complexity index is 354. The Labute approximate surface area is 112 Å². The van der Waals surface area contributed by atoms with Crippen molar-refractivity contribution >= 4 is 0 Å². The minimum absolute atomic E-state index is 0.356. The SMILES string of the molecule is CCc1ccc(CC(N)C2CCC(CC)C2)cc1. The van der Waals surface area contributed by atoms with Crippen molar-refractivity contribution in [1.29, 1.82) is 0 Å². The van der Waals surface area contributed by atoms with Crippen LogP contribution in [0.25, 0.3) is 0 Å². The zero-order valence-corrected chi connectivity index (χ0v) is 11.9. The fourth-order valence-electron chi connectivity index (χ4n) is 3.22. The van der Waals surface area contributed by atoms with E-state index in [1.54, 1.807) is 0 Å². The maximum Gasteiger partial charge on any atom is 0.0108 e. The van der Waals surface area contributed by atoms with Gasteiger partial charge >= 0.3 is 0 Å². The van der Waals surface area contributed by atoms with E-state index in [-0.39, 0.29) is 0 Å². The van der Waals surface area contributed by atoms with Gasteiger partial charge in [0.25, 0.3) is 0 Å². The number of benzene rings is 1. The quantitative estimate of drug-likeness (QED) is 0.835. The van der Waals surface area contributed by atoms with Gasteiger partial charge in [0, 0.05) is 6.04 Å². The van der Waals surface area contributed by atoms with Crippen molar-refractivity contribution < 1.29 is 0 Å². The lowest BCUT2D eigenvalue weighted by atomic mass is 9.91. The molecule has 1 nitrogen and oxygen atoms in total. The van der Waals surface area contributed by atoms with Gasteiger partial charge < -0.3 is 5.73 Å². The van der Waals surface area contributed by atoms with Crippen LogP contribution in [0.4, 0.5) is 0 Å². The molecule has 1 aliphatic rings. The molecular weight excluding hydrogens is 218 g/mol. The summed E-state index contributed by atoms with van der Waals surface area (Å²) in [5, 5.41) is 0. The summed E-state index contributed by atoms with van der Waals surface area (Å²) in [7, 11) is 0. The molecule has 100 valence electrons. The van der Waals surface area contributed by atoms with Crippen molar-refractivity contribution in [2.45, 2.75) is 58.4 Å². The van der Waals surface area contributed by atoms with E-state index in [2.05, 4.69) is 38.1 Å². The highest BCUT2D eigenvalue weighted by atomic mass is 14.7. The van der Waals surface area contributed by atoms with Gasteiger partial charge in [-0.05, 0) is 48.6 Å². The Morgan fingerprint density at radius 2 is 1.78 bits per heavy atom. The summed E-state index contributed by atoms with van der Waals surface area (Å²) in [6, 6.07) is 9.35. The first-order chi connectivity index (χ1) is 8.72. The molecule has 3 unspecified atom stereocenters. The number of nitrogens with two attached hydrogens (primary N) is 1. The Hall–Kier alpha value is -0.820. The summed E-state index contributed by atoms with van der Waals surface area (Å²) < 4.78 is 0. The van der Waals surface area contributed by atoms with Crippen LogP contribution in [0.2, 0.25) is 0 Å². The molecule has 0 spiro atoms. The van der Waals surface area contributed by atoms with E-state index in [1.165, 1.54) is 36.8 Å². The molecule has 1 aromatic rings. The first-order valence-corrected chi connectivity index (χ1v) is 7.56. The van der Waals surface area contributed by atoms with Gasteiger partial charge in [0.05, 0.1) is 0 Å². The van der Waals surface area contributed by atoms with E-state index >= 15 is 0 Å². The van der Waals surface area contributed by atoms with Crippen molar-refractivity contribution in [3.05, 3.63) is 35.4 Å². The van der Waals surface area contributed by atoms with Crippen LogP contribution in [-0.4, -0.2) is 6.04 Å². The van der Waals surface area contributed by atoms with Crippen LogP contribution in [0.3, 0.4) is 0 Å². The van der Waals surface area contributed by atoms with Gasteiger partial charge in [0.1, 0.15) is 0 Å². The fraction of sp³-hybridized carbons (Fsp3) is 0.647. The van der Waals surface area contributed by atoms with E-state index in [9.17, 15) is 0 Å². The molecule has 0 aromatic heterocycles. The second kappa shape index (κ2) is 6.38. The molecule has 0 radical (unpaired) electrons. The largest absolute Gasteiger partial charge is 0.327 e. The highest BCUT2D eigenvalue weighted by Gasteiger charge is 2.27. The van der Waals surface area contributed by atoms with E-state index < -0.39 is 0 Å². The van der Waals surface area contributed by atoms with Crippen LogP contribution in [0.5, 0.6) is 0 Å². The predicted molar refractivity (Wildman–Crippen MR) is 78.6 cm³/mol. The monoisotopic (exact) mass is 245 g/mol. The summed E-state index contributed by atoms with van der Waals surface area (Å²) >= 11 is 0. The molecule has 0 aliphatic heterocycles. The zero-order valence-electron chi connectivity index (χ0n) is 11.9. The molecular formula is C17H27N. The molecule has 2 rings (SSSR count). The van der Waals surface area contributed by atoms with Crippen LogP contribution in [0, 0.1) is 11.8 Å². The van der Waals surface area contributed by atoms with Crippen LogP contribution in [0.15, 0.2) is 24.3 Å². The average molecular weight is 245 g/mol. The maximum absolute atomic E-state index is 6.40. The van der Waals surface area contributed by atoms with Crippen molar-refractivity contribution in [1.82, 2.24) is 0 Å². The summed E-state index contributed by atoms with van der Waals surface area (Å²) in [6.45, 7) is 4.51. The molecule has 0 saturated heterocycles. The van der Waals surface area contributed by atoms with E-state index in [1.807, 2.05) is 0 Å². The highest BCUT2D eigenvalue weighted by molar-refractivity contribution is 5.23. The van der Waals surface area contributed by atoms with E-state index in [4.69, 9.17) is 5.73 Å². The molecule has 1 fully saturated rings. The molecule has 1 heteroatoms. The summed E-state index contributed by atoms with van der Waals surface area (Å²) in [6.07, 6.45) is 7.58. The smallest absolute Gasteiger partial charge is 0.0108 e. The van der Waals surface area contributed by atoms with Gasteiger partial charge in [0.2, 0.25) is 0 Å². The molecule has 0 amide bonds. The van der Waals surface area contributed by atoms with Crippen molar-refractivity contribution in [3.8, 4) is 0 Å². The fourth-order valence-corrected chi connectivity index (χ4v) is 3.22. The van der Waals surface area contributed by atoms with Gasteiger partial charge in [-0.15, -0.1) is 0 Å². The predicted octanol–water partition coefficient (Wildman–Crippen LogP) is 3.95. The van der Waals surface area contributed by atoms with E-state index in [0.717, 1.165) is 24.7 Å². The molecule has 0 bridgehead atoms. The lowest BCUT2D eigenvalue weighted by molar-refractivity contribution is 0.405. The molecule has 1 aromatic carbocycles. The van der Waals surface area contributed by atoms with Crippen LogP contribution in [-0.2, 0) is 12.8 Å². The Morgan fingerprint density at radius 1 is 1.11 bits per heavy atom. The average Bonchev–Trinajstić information content (AvgIpc) is 2.88. The van der Waals surface area contributed by atoms with Crippen LogP contribution >= 0.6 is 0 Å². The third-order valence-electron chi connectivity index (χ3n) is 4.67. The van der Waals surface area contributed by atoms with Crippen molar-refractivity contribution in [3.63, 3.8) is 0 Å². The van der Waals surface area contributed by atoms with Crippen LogP contribution in [0.1, 0.15) is 50.7 Å². The number of hydrogen-bond acceptors (Lipinski definition) is 1. The minimum atomic E-state index is 0.356. The first kappa shape index (κ1) is 13.6. The minimum Gasteiger partial charge on any atom is -0.327 e. The molecule has 3 atom stereocenters. The number of rotatable bonds is 5. The topological polar surface area (TPSA) is 26.0 Å². The third kappa shape index (κ3) is 3.35. The Balaban J connectivity index is 1.88. The van der Waals surface area contributed by atoms with Gasteiger partial charge in [-0.25, -0.2) is 0 Å². The lowest BCUT2D eigenvalue weighted by Crippen LogP contribution is -2.30. The second-order valence-electron chi connectivity index (χ2n) is 5.89. The lowest BCUT2D eigenvalue weighted by Gasteiger charge is -2.19. The normalized spacial score (nSPS) is 25.3. The summed E-state index contributed by atoms with van der Waals surface area (Å²) in [4.78, 5) is 0. The molecule has 2 N–H and O–H groups in total. The number of hydrogen-bond donors (Lipinski definition) is 1. The third-order valence-corrected chi connectivity index (χ3v) is 4.67. The standard InChI is InChI=1S/C17H27N/c1-3-13-5-7-15(8-6-13)12-17(18)16-10-9-14(4-2)11-16/h5-8,14,16-17H,3-4,9-12,18H2,1-2H3. The van der Waals surface area contributed by atoms with Crippen LogP contribution < -0.4 is 5.73 Å². The first-order valence-electron chi connectivity index (χ1n) is 7.56. The Morgan fingerprint density at radius 3 is 2.33 bits per heavy atom. The highest BCUT2D eigenvalue weighted by Crippen LogP contribution is 2.35. The summed E-state index contributed by atoms with van der Waals surface area (Å²) in [5.41, 5.74) is 9.22. The van der Waals surface area contributed by atoms with Gasteiger partial charge in [-0.3, -0.25) is 0 Å². The van der Waals surface area contributed by atoms with E-state index in [0.29, 0.717) is 6.04 Å². The second-order valence-corrected chi connectivity index (χ2v) is 5.89. The van der Waals surface area contributed by atoms with Crippen molar-refractivity contribution in [2.24, 2.45) is 17.6 Å². The summed E-state index contributed by atoms with van der Waals surface area (Å²) in [5.74, 6) is 1.68. The zero-order chi connectivity index (χ0) is 13.0. The molecule has 1 saturated carbocycles. The van der Waals surface area contributed by atoms with Gasteiger partial charge in [0.15, 0.2) is 0 Å². The van der Waals surface area contributed by atoms with Gasteiger partial charge in [-0.2, -0.15) is 0 Å². The molecule has 0 heterocycles. The number of aryl methyl sites for hydroxylation is 1. The maximum atomic E-state index is 6.40. The molecule has 1 aliphatic carbocycles. The van der Waals surface area contributed by atoms with Crippen molar-refractivity contribution in [2.75, 3.05) is 0 Å². The van der Waals surface area contributed by atoms with Gasteiger partial charge in [-0.1, -0.05) is 51.0 Å². The molecule has 18 heavy (non-hydrogen) atoms. The Kier molecular flexibility index (Phi) is 4.82.